The van der Waals surface area contributed by atoms with E-state index in [2.05, 4.69) is 19.9 Å². The summed E-state index contributed by atoms with van der Waals surface area (Å²) < 4.78 is 5.28. The minimum absolute atomic E-state index is 0.105. The molecule has 3 nitrogen and oxygen atoms in total. The smallest absolute Gasteiger partial charge is 0.219 e. The van der Waals surface area contributed by atoms with Crippen LogP contribution in [0.25, 0.3) is 0 Å². The molecule has 0 bridgehead atoms. The number of carbonyl (C=O) groups excluding carboxylic acids is 1. The van der Waals surface area contributed by atoms with E-state index in [0.717, 1.165) is 18.7 Å². The third kappa shape index (κ3) is 3.22. The number of ether oxygens (including phenoxy) is 1. The summed E-state index contributed by atoms with van der Waals surface area (Å²) >= 11 is 0. The zero-order chi connectivity index (χ0) is 13.0. The molecule has 1 aromatic rings. The number of nitrogens with zero attached hydrogens (tertiary/aromatic N) is 1. The molecule has 0 aliphatic carbocycles. The quantitative estimate of drug-likeness (QED) is 0.801. The standard InChI is InChI=1S/C14H21NO2/c1-10-11(2)14(17-5)7-6-13(10)8-9-15(4)12(3)16/h6-7H,8-9H2,1-5H3. The van der Waals surface area contributed by atoms with Gasteiger partial charge in [-0.15, -0.1) is 0 Å². The van der Waals surface area contributed by atoms with Gasteiger partial charge in [0, 0.05) is 20.5 Å². The summed E-state index contributed by atoms with van der Waals surface area (Å²) in [7, 11) is 3.51. The summed E-state index contributed by atoms with van der Waals surface area (Å²) in [6.45, 7) is 6.50. The summed E-state index contributed by atoms with van der Waals surface area (Å²) in [6.07, 6.45) is 0.882. The first-order valence-electron chi connectivity index (χ1n) is 5.82. The highest BCUT2D eigenvalue weighted by Gasteiger charge is 2.08. The Balaban J connectivity index is 2.79. The van der Waals surface area contributed by atoms with E-state index in [9.17, 15) is 4.79 Å². The largest absolute Gasteiger partial charge is 0.496 e. The third-order valence-electron chi connectivity index (χ3n) is 3.32. The fourth-order valence-corrected chi connectivity index (χ4v) is 1.79. The Morgan fingerprint density at radius 1 is 1.29 bits per heavy atom. The molecule has 0 atom stereocenters. The van der Waals surface area contributed by atoms with Gasteiger partial charge in [-0.1, -0.05) is 6.07 Å². The maximum Gasteiger partial charge on any atom is 0.219 e. The molecular formula is C14H21NO2. The number of hydrogen-bond donors (Lipinski definition) is 0. The van der Waals surface area contributed by atoms with Crippen molar-refractivity contribution in [3.63, 3.8) is 0 Å². The van der Waals surface area contributed by atoms with Crippen LogP contribution in [-0.2, 0) is 11.2 Å². The second-order valence-corrected chi connectivity index (χ2v) is 4.37. The second-order valence-electron chi connectivity index (χ2n) is 4.37. The molecule has 0 aromatic heterocycles. The highest BCUT2D eigenvalue weighted by Crippen LogP contribution is 2.24. The van der Waals surface area contributed by atoms with E-state index in [4.69, 9.17) is 4.74 Å². The van der Waals surface area contributed by atoms with Crippen LogP contribution in [-0.4, -0.2) is 31.5 Å². The lowest BCUT2D eigenvalue weighted by molar-refractivity contribution is -0.127. The molecule has 0 fully saturated rings. The molecular weight excluding hydrogens is 214 g/mol. The molecule has 1 rings (SSSR count). The summed E-state index contributed by atoms with van der Waals surface area (Å²) in [5.41, 5.74) is 3.70. The Bertz CT molecular complexity index is 413. The van der Waals surface area contributed by atoms with Crippen LogP contribution in [0.1, 0.15) is 23.6 Å². The normalized spacial score (nSPS) is 10.2. The van der Waals surface area contributed by atoms with Gasteiger partial charge in [-0.2, -0.15) is 0 Å². The zero-order valence-electron chi connectivity index (χ0n) is 11.3. The molecule has 0 aliphatic rings. The highest BCUT2D eigenvalue weighted by molar-refractivity contribution is 5.72. The average molecular weight is 235 g/mol. The molecule has 0 radical (unpaired) electrons. The van der Waals surface area contributed by atoms with E-state index in [-0.39, 0.29) is 5.91 Å². The first-order valence-corrected chi connectivity index (χ1v) is 5.82. The fraction of sp³-hybridized carbons (Fsp3) is 0.500. The SMILES string of the molecule is COc1ccc(CCN(C)C(C)=O)c(C)c1C. The van der Waals surface area contributed by atoms with Crippen molar-refractivity contribution in [3.8, 4) is 5.75 Å². The molecule has 0 heterocycles. The second kappa shape index (κ2) is 5.71. The maximum absolute atomic E-state index is 11.1. The predicted octanol–water partition coefficient (Wildman–Crippen LogP) is 2.33. The van der Waals surface area contributed by atoms with Crippen LogP contribution < -0.4 is 4.74 Å². The van der Waals surface area contributed by atoms with Crippen LogP contribution in [0.2, 0.25) is 0 Å². The molecule has 0 saturated carbocycles. The topological polar surface area (TPSA) is 29.5 Å². The van der Waals surface area contributed by atoms with Crippen LogP contribution in [0.15, 0.2) is 12.1 Å². The fourth-order valence-electron chi connectivity index (χ4n) is 1.79. The molecule has 1 amide bonds. The number of benzene rings is 1. The van der Waals surface area contributed by atoms with Crippen LogP contribution in [0.5, 0.6) is 5.75 Å². The number of hydrogen-bond acceptors (Lipinski definition) is 2. The lowest BCUT2D eigenvalue weighted by atomic mass is 10.00. The molecule has 0 unspecified atom stereocenters. The lowest BCUT2D eigenvalue weighted by Crippen LogP contribution is -2.26. The van der Waals surface area contributed by atoms with Crippen LogP contribution in [0.4, 0.5) is 0 Å². The monoisotopic (exact) mass is 235 g/mol. The molecule has 17 heavy (non-hydrogen) atoms. The summed E-state index contributed by atoms with van der Waals surface area (Å²) in [5, 5.41) is 0. The van der Waals surface area contributed by atoms with Crippen molar-refractivity contribution in [2.75, 3.05) is 20.7 Å². The van der Waals surface area contributed by atoms with Crippen molar-refractivity contribution in [2.45, 2.75) is 27.2 Å². The Morgan fingerprint density at radius 2 is 1.94 bits per heavy atom. The van der Waals surface area contributed by atoms with Gasteiger partial charge in [0.2, 0.25) is 5.91 Å². The minimum atomic E-state index is 0.105. The van der Waals surface area contributed by atoms with Gasteiger partial charge in [0.25, 0.3) is 0 Å². The van der Waals surface area contributed by atoms with E-state index in [0.29, 0.717) is 0 Å². The number of methoxy groups -OCH3 is 1. The first-order chi connectivity index (χ1) is 7.97. The van der Waals surface area contributed by atoms with Gasteiger partial charge in [-0.05, 0) is 43.0 Å². The Labute approximate surface area is 103 Å². The average Bonchev–Trinajstić information content (AvgIpc) is 2.30. The summed E-state index contributed by atoms with van der Waals surface area (Å²) in [6, 6.07) is 4.07. The number of amides is 1. The van der Waals surface area contributed by atoms with Crippen molar-refractivity contribution in [3.05, 3.63) is 28.8 Å². The Morgan fingerprint density at radius 3 is 2.47 bits per heavy atom. The number of rotatable bonds is 4. The maximum atomic E-state index is 11.1. The lowest BCUT2D eigenvalue weighted by Gasteiger charge is -2.17. The molecule has 1 aromatic carbocycles. The summed E-state index contributed by atoms with van der Waals surface area (Å²) in [5.74, 6) is 1.03. The van der Waals surface area contributed by atoms with Gasteiger partial charge in [-0.25, -0.2) is 0 Å². The van der Waals surface area contributed by atoms with Crippen LogP contribution >= 0.6 is 0 Å². The van der Waals surface area contributed by atoms with Crippen LogP contribution in [0.3, 0.4) is 0 Å². The van der Waals surface area contributed by atoms with Crippen molar-refractivity contribution in [1.29, 1.82) is 0 Å². The van der Waals surface area contributed by atoms with E-state index in [1.807, 2.05) is 13.1 Å². The molecule has 94 valence electrons. The van der Waals surface area contributed by atoms with E-state index in [1.54, 1.807) is 18.9 Å². The molecule has 0 saturated heterocycles. The Kier molecular flexibility index (Phi) is 4.55. The molecule has 3 heteroatoms. The number of carbonyl (C=O) groups is 1. The Hall–Kier alpha value is -1.51. The van der Waals surface area contributed by atoms with Gasteiger partial charge in [0.1, 0.15) is 5.75 Å². The third-order valence-corrected chi connectivity index (χ3v) is 3.32. The van der Waals surface area contributed by atoms with Gasteiger partial charge in [0.05, 0.1) is 7.11 Å². The highest BCUT2D eigenvalue weighted by atomic mass is 16.5. The van der Waals surface area contributed by atoms with Crippen molar-refractivity contribution < 1.29 is 9.53 Å². The van der Waals surface area contributed by atoms with Crippen molar-refractivity contribution >= 4 is 5.91 Å². The van der Waals surface area contributed by atoms with Gasteiger partial charge in [-0.3, -0.25) is 4.79 Å². The van der Waals surface area contributed by atoms with Gasteiger partial charge >= 0.3 is 0 Å². The zero-order valence-corrected chi connectivity index (χ0v) is 11.3. The van der Waals surface area contributed by atoms with Gasteiger partial charge < -0.3 is 9.64 Å². The van der Waals surface area contributed by atoms with E-state index in [1.165, 1.54) is 16.7 Å². The number of likely N-dealkylation sites (N-methyl/N-ethyl adjacent to an activating group) is 1. The van der Waals surface area contributed by atoms with Crippen molar-refractivity contribution in [2.24, 2.45) is 0 Å². The van der Waals surface area contributed by atoms with E-state index < -0.39 is 0 Å². The molecule has 0 N–H and O–H groups in total. The van der Waals surface area contributed by atoms with Crippen LogP contribution in [0, 0.1) is 13.8 Å². The minimum Gasteiger partial charge on any atom is -0.496 e. The van der Waals surface area contributed by atoms with Crippen molar-refractivity contribution in [1.82, 2.24) is 4.90 Å². The first kappa shape index (κ1) is 13.6. The van der Waals surface area contributed by atoms with E-state index >= 15 is 0 Å². The van der Waals surface area contributed by atoms with Gasteiger partial charge in [0.15, 0.2) is 0 Å². The summed E-state index contributed by atoms with van der Waals surface area (Å²) in [4.78, 5) is 12.9. The predicted molar refractivity (Wildman–Crippen MR) is 69.5 cm³/mol. The molecule has 0 spiro atoms. The molecule has 0 aliphatic heterocycles.